The molecule has 28 heavy (non-hydrogen) atoms. The van der Waals surface area contributed by atoms with E-state index in [1.165, 1.54) is 11.3 Å². The molecule has 1 saturated heterocycles. The van der Waals surface area contributed by atoms with Gasteiger partial charge in [-0.05, 0) is 37.6 Å². The van der Waals surface area contributed by atoms with Crippen molar-refractivity contribution >= 4 is 34.0 Å². The van der Waals surface area contributed by atoms with Crippen LogP contribution in [0.15, 0.2) is 24.3 Å². The van der Waals surface area contributed by atoms with Gasteiger partial charge in [-0.3, -0.25) is 9.59 Å². The first-order valence-corrected chi connectivity index (χ1v) is 10.3. The molecule has 8 heteroatoms. The predicted octanol–water partition coefficient (Wildman–Crippen LogP) is 3.62. The first-order valence-electron chi connectivity index (χ1n) is 9.52. The molecular weight excluding hydrogens is 376 g/mol. The summed E-state index contributed by atoms with van der Waals surface area (Å²) in [5.74, 6) is 0.0908. The summed E-state index contributed by atoms with van der Waals surface area (Å²) < 4.78 is 5.43. The number of ether oxygens (including phenoxy) is 1. The second-order valence-corrected chi connectivity index (χ2v) is 8.45. The molecule has 0 radical (unpaired) electrons. The van der Waals surface area contributed by atoms with Crippen LogP contribution in [0.3, 0.4) is 0 Å². The van der Waals surface area contributed by atoms with Crippen molar-refractivity contribution in [2.75, 3.05) is 23.4 Å². The highest BCUT2D eigenvalue weighted by Gasteiger charge is 2.35. The molecule has 1 atom stereocenters. The second kappa shape index (κ2) is 8.26. The van der Waals surface area contributed by atoms with Crippen molar-refractivity contribution in [1.29, 1.82) is 0 Å². The van der Waals surface area contributed by atoms with E-state index < -0.39 is 5.92 Å². The number of rotatable bonds is 7. The smallest absolute Gasteiger partial charge is 0.231 e. The molecule has 0 spiro atoms. The minimum absolute atomic E-state index is 0.0608. The van der Waals surface area contributed by atoms with Gasteiger partial charge in [0.2, 0.25) is 16.9 Å². The van der Waals surface area contributed by atoms with Crippen molar-refractivity contribution < 1.29 is 14.3 Å². The van der Waals surface area contributed by atoms with Gasteiger partial charge in [0.15, 0.2) is 0 Å². The molecule has 0 saturated carbocycles. The lowest BCUT2D eigenvalue weighted by atomic mass is 9.91. The number of carbonyl (C=O) groups is 2. The third kappa shape index (κ3) is 4.32. The van der Waals surface area contributed by atoms with Crippen molar-refractivity contribution in [3.8, 4) is 5.75 Å². The highest BCUT2D eigenvalue weighted by molar-refractivity contribution is 7.15. The summed E-state index contributed by atoms with van der Waals surface area (Å²) in [4.78, 5) is 26.7. The topological polar surface area (TPSA) is 84.4 Å². The van der Waals surface area contributed by atoms with Crippen LogP contribution in [0, 0.1) is 5.92 Å². The molecule has 0 bridgehead atoms. The molecule has 7 nitrogen and oxygen atoms in total. The van der Waals surface area contributed by atoms with E-state index in [9.17, 15) is 9.59 Å². The van der Waals surface area contributed by atoms with Gasteiger partial charge in [-0.15, -0.1) is 10.2 Å². The highest BCUT2D eigenvalue weighted by Crippen LogP contribution is 2.32. The first kappa shape index (κ1) is 20.3. The molecule has 1 aliphatic rings. The summed E-state index contributed by atoms with van der Waals surface area (Å²) in [6, 6.07) is 7.34. The van der Waals surface area contributed by atoms with Crippen molar-refractivity contribution in [2.24, 2.45) is 5.92 Å². The van der Waals surface area contributed by atoms with Crippen LogP contribution in [0.4, 0.5) is 10.8 Å². The molecule has 1 N–H and O–H groups in total. The minimum atomic E-state index is -0.411. The van der Waals surface area contributed by atoms with E-state index in [-0.39, 0.29) is 23.7 Å². The highest BCUT2D eigenvalue weighted by atomic mass is 32.1. The maximum absolute atomic E-state index is 12.6. The average molecular weight is 403 g/mol. The van der Waals surface area contributed by atoms with E-state index in [1.807, 2.05) is 31.2 Å². The monoisotopic (exact) mass is 402 g/mol. The van der Waals surface area contributed by atoms with Gasteiger partial charge in [-0.2, -0.15) is 0 Å². The van der Waals surface area contributed by atoms with E-state index in [0.717, 1.165) is 22.9 Å². The number of aromatic nitrogens is 2. The van der Waals surface area contributed by atoms with Gasteiger partial charge >= 0.3 is 0 Å². The van der Waals surface area contributed by atoms with Gasteiger partial charge in [0.1, 0.15) is 10.8 Å². The van der Waals surface area contributed by atoms with Crippen molar-refractivity contribution in [1.82, 2.24) is 10.2 Å². The summed E-state index contributed by atoms with van der Waals surface area (Å²) in [6.07, 6.45) is 1.12. The Bertz CT molecular complexity index is 847. The fourth-order valence-corrected chi connectivity index (χ4v) is 3.85. The van der Waals surface area contributed by atoms with Gasteiger partial charge in [0.25, 0.3) is 0 Å². The average Bonchev–Trinajstić information content (AvgIpc) is 3.30. The predicted molar refractivity (Wildman–Crippen MR) is 110 cm³/mol. The number of hydrogen-bond acceptors (Lipinski definition) is 6. The molecule has 3 rings (SSSR count). The SMILES string of the molecule is CCOc1ccc(N2CC(C(=O)Nc3nnc(C(C)(C)CC)s3)CC2=O)cc1. The molecule has 1 aromatic heterocycles. The number of amides is 2. The molecule has 1 fully saturated rings. The zero-order valence-electron chi connectivity index (χ0n) is 16.7. The number of hydrogen-bond donors (Lipinski definition) is 1. The van der Waals surface area contributed by atoms with Gasteiger partial charge in [-0.1, -0.05) is 32.1 Å². The molecule has 2 heterocycles. The second-order valence-electron chi connectivity index (χ2n) is 7.47. The van der Waals surface area contributed by atoms with Crippen LogP contribution in [0.5, 0.6) is 5.75 Å². The maximum Gasteiger partial charge on any atom is 0.231 e. The summed E-state index contributed by atoms with van der Waals surface area (Å²) in [6.45, 7) is 9.16. The Morgan fingerprint density at radius 1 is 1.29 bits per heavy atom. The number of carbonyl (C=O) groups excluding carboxylic acids is 2. The van der Waals surface area contributed by atoms with Crippen LogP contribution in [0.1, 0.15) is 45.5 Å². The summed E-state index contributed by atoms with van der Waals surface area (Å²) in [5.41, 5.74) is 0.695. The fourth-order valence-electron chi connectivity index (χ4n) is 2.93. The third-order valence-corrected chi connectivity index (χ3v) is 6.28. The third-order valence-electron chi connectivity index (χ3n) is 5.07. The maximum atomic E-state index is 12.6. The number of benzene rings is 1. The fraction of sp³-hybridized carbons (Fsp3) is 0.500. The van der Waals surface area contributed by atoms with E-state index in [2.05, 4.69) is 36.3 Å². The van der Waals surface area contributed by atoms with Crippen molar-refractivity contribution in [3.63, 3.8) is 0 Å². The van der Waals surface area contributed by atoms with Gasteiger partial charge < -0.3 is 15.0 Å². The normalized spacial score (nSPS) is 17.1. The standard InChI is InChI=1S/C20H26N4O3S/c1-5-20(3,4)18-22-23-19(28-18)21-17(26)13-11-16(25)24(12-13)14-7-9-15(10-8-14)27-6-2/h7-10,13H,5-6,11-12H2,1-4H3,(H,21,23,26). The number of anilines is 2. The summed E-state index contributed by atoms with van der Waals surface area (Å²) in [7, 11) is 0. The van der Waals surface area contributed by atoms with Crippen LogP contribution >= 0.6 is 11.3 Å². The number of nitrogens with one attached hydrogen (secondary N) is 1. The van der Waals surface area contributed by atoms with Crippen LogP contribution < -0.4 is 15.0 Å². The van der Waals surface area contributed by atoms with Crippen LogP contribution in [-0.4, -0.2) is 35.2 Å². The Kier molecular flexibility index (Phi) is 5.98. The van der Waals surface area contributed by atoms with Gasteiger partial charge in [0.05, 0.1) is 12.5 Å². The molecule has 1 unspecified atom stereocenters. The van der Waals surface area contributed by atoms with Crippen LogP contribution in [0.25, 0.3) is 0 Å². The largest absolute Gasteiger partial charge is 0.494 e. The van der Waals surface area contributed by atoms with Crippen molar-refractivity contribution in [2.45, 2.75) is 46.0 Å². The first-order chi connectivity index (χ1) is 13.3. The molecule has 1 aromatic carbocycles. The quantitative estimate of drug-likeness (QED) is 0.765. The van der Waals surface area contributed by atoms with Crippen molar-refractivity contribution in [3.05, 3.63) is 29.3 Å². The summed E-state index contributed by atoms with van der Waals surface area (Å²) in [5, 5.41) is 12.5. The van der Waals surface area contributed by atoms with Gasteiger partial charge in [0, 0.05) is 24.1 Å². The Morgan fingerprint density at radius 2 is 2.00 bits per heavy atom. The van der Waals surface area contributed by atoms with E-state index in [0.29, 0.717) is 18.3 Å². The lowest BCUT2D eigenvalue weighted by molar-refractivity contribution is -0.122. The van der Waals surface area contributed by atoms with E-state index >= 15 is 0 Å². The van der Waals surface area contributed by atoms with Crippen LogP contribution in [-0.2, 0) is 15.0 Å². The Hall–Kier alpha value is -2.48. The zero-order chi connectivity index (χ0) is 20.3. The Balaban J connectivity index is 1.64. The Labute approximate surface area is 169 Å². The lowest BCUT2D eigenvalue weighted by Gasteiger charge is -2.17. The number of nitrogens with zero attached hydrogens (tertiary/aromatic N) is 3. The van der Waals surface area contributed by atoms with E-state index in [1.54, 1.807) is 4.90 Å². The van der Waals surface area contributed by atoms with Gasteiger partial charge in [-0.25, -0.2) is 0 Å². The molecule has 1 aliphatic heterocycles. The minimum Gasteiger partial charge on any atom is -0.494 e. The zero-order valence-corrected chi connectivity index (χ0v) is 17.5. The van der Waals surface area contributed by atoms with Crippen LogP contribution in [0.2, 0.25) is 0 Å². The lowest BCUT2D eigenvalue weighted by Crippen LogP contribution is -2.28. The summed E-state index contributed by atoms with van der Waals surface area (Å²) >= 11 is 1.39. The molecule has 2 amide bonds. The molecule has 2 aromatic rings. The molecule has 150 valence electrons. The molecular formula is C20H26N4O3S. The van der Waals surface area contributed by atoms with E-state index in [4.69, 9.17) is 4.74 Å². The molecule has 0 aliphatic carbocycles. The Morgan fingerprint density at radius 3 is 2.64 bits per heavy atom.